The molecule has 0 aromatic heterocycles. The van der Waals surface area contributed by atoms with E-state index in [4.69, 9.17) is 23.1 Å². The van der Waals surface area contributed by atoms with Crippen molar-refractivity contribution in [1.29, 1.82) is 0 Å². The first-order valence-corrected chi connectivity index (χ1v) is 16.3. The van der Waals surface area contributed by atoms with Crippen molar-refractivity contribution in [2.45, 2.75) is 52.0 Å². The maximum absolute atomic E-state index is 13.6. The Labute approximate surface area is 218 Å². The molecule has 200 valence electrons. The highest BCUT2D eigenvalue weighted by Crippen LogP contribution is 2.38. The molecule has 1 atom stereocenters. The van der Waals surface area contributed by atoms with Gasteiger partial charge in [-0.05, 0) is 42.7 Å². The lowest BCUT2D eigenvalue weighted by Crippen LogP contribution is -2.37. The zero-order chi connectivity index (χ0) is 26.7. The SMILES string of the molecule is COc1cc(C(=O)NCC(CCC(C)(C)C(O[SiH2]C)O[SiH2]C)c2ccc(F)cc2)cc(OC)c1OC. The summed E-state index contributed by atoms with van der Waals surface area (Å²) in [6, 6.07) is 9.70. The van der Waals surface area contributed by atoms with Crippen LogP contribution in [0.5, 0.6) is 17.2 Å². The molecule has 0 bridgehead atoms. The highest BCUT2D eigenvalue weighted by Gasteiger charge is 2.31. The fourth-order valence-corrected chi connectivity index (χ4v) is 6.01. The molecule has 0 aliphatic heterocycles. The molecule has 1 unspecified atom stereocenters. The molecule has 0 saturated heterocycles. The van der Waals surface area contributed by atoms with Crippen molar-refractivity contribution in [2.75, 3.05) is 27.9 Å². The summed E-state index contributed by atoms with van der Waals surface area (Å²) in [5, 5.41) is 3.03. The van der Waals surface area contributed by atoms with Crippen molar-refractivity contribution < 1.29 is 32.2 Å². The summed E-state index contributed by atoms with van der Waals surface area (Å²) < 4.78 is 41.7. The average Bonchev–Trinajstić information content (AvgIpc) is 2.88. The van der Waals surface area contributed by atoms with Crippen LogP contribution in [0.2, 0.25) is 13.1 Å². The molecule has 0 fully saturated rings. The second-order valence-electron chi connectivity index (χ2n) is 9.14. The van der Waals surface area contributed by atoms with Crippen LogP contribution < -0.4 is 19.5 Å². The van der Waals surface area contributed by atoms with Gasteiger partial charge in [0.15, 0.2) is 31.0 Å². The van der Waals surface area contributed by atoms with Gasteiger partial charge in [-0.25, -0.2) is 4.39 Å². The highest BCUT2D eigenvalue weighted by atomic mass is 28.2. The number of nitrogens with one attached hydrogen (secondary N) is 1. The van der Waals surface area contributed by atoms with Crippen LogP contribution in [0.15, 0.2) is 36.4 Å². The average molecular weight is 538 g/mol. The minimum atomic E-state index is -0.622. The molecule has 0 spiro atoms. The quantitative estimate of drug-likeness (QED) is 0.275. The fraction of sp³-hybridized carbons (Fsp3) is 0.500. The summed E-state index contributed by atoms with van der Waals surface area (Å²) in [4.78, 5) is 13.1. The van der Waals surface area contributed by atoms with Crippen LogP contribution in [0.4, 0.5) is 4.39 Å². The third-order valence-electron chi connectivity index (χ3n) is 6.19. The Morgan fingerprint density at radius 2 is 1.53 bits per heavy atom. The predicted molar refractivity (Wildman–Crippen MR) is 145 cm³/mol. The monoisotopic (exact) mass is 537 g/mol. The van der Waals surface area contributed by atoms with Crippen molar-refractivity contribution >= 4 is 25.4 Å². The van der Waals surface area contributed by atoms with Gasteiger partial charge in [-0.2, -0.15) is 0 Å². The largest absolute Gasteiger partial charge is 0.493 e. The molecule has 10 heteroatoms. The van der Waals surface area contributed by atoms with Crippen molar-refractivity contribution in [2.24, 2.45) is 5.41 Å². The molecule has 0 saturated carbocycles. The van der Waals surface area contributed by atoms with Crippen LogP contribution in [0.1, 0.15) is 48.5 Å². The van der Waals surface area contributed by atoms with Crippen LogP contribution in [0.25, 0.3) is 0 Å². The van der Waals surface area contributed by atoms with Gasteiger partial charge in [0, 0.05) is 23.4 Å². The number of halogens is 1. The number of methoxy groups -OCH3 is 3. The van der Waals surface area contributed by atoms with E-state index in [2.05, 4.69) is 32.3 Å². The number of hydrogen-bond donors (Lipinski definition) is 1. The number of carbonyl (C=O) groups excluding carboxylic acids is 1. The number of hydrogen-bond acceptors (Lipinski definition) is 6. The lowest BCUT2D eigenvalue weighted by Gasteiger charge is -2.35. The normalized spacial score (nSPS) is 13.8. The van der Waals surface area contributed by atoms with E-state index in [9.17, 15) is 9.18 Å². The number of amides is 1. The molecule has 2 aromatic rings. The Morgan fingerprint density at radius 3 is 2.00 bits per heavy atom. The smallest absolute Gasteiger partial charge is 0.251 e. The molecular weight excluding hydrogens is 497 g/mol. The van der Waals surface area contributed by atoms with Gasteiger partial charge in [0.2, 0.25) is 5.75 Å². The third-order valence-corrected chi connectivity index (χ3v) is 7.46. The van der Waals surface area contributed by atoms with Gasteiger partial charge in [0.1, 0.15) is 12.1 Å². The molecule has 2 aromatic carbocycles. The lowest BCUT2D eigenvalue weighted by atomic mass is 9.82. The van der Waals surface area contributed by atoms with Gasteiger partial charge in [0.05, 0.1) is 21.3 Å². The Balaban J connectivity index is 2.22. The number of rotatable bonds is 15. The van der Waals surface area contributed by atoms with Crippen LogP contribution in [-0.2, 0) is 8.85 Å². The first-order valence-electron chi connectivity index (χ1n) is 12.3. The van der Waals surface area contributed by atoms with Gasteiger partial charge in [0.25, 0.3) is 5.91 Å². The van der Waals surface area contributed by atoms with E-state index in [0.717, 1.165) is 18.4 Å². The zero-order valence-corrected chi connectivity index (χ0v) is 25.3. The molecule has 0 aliphatic rings. The molecule has 7 nitrogen and oxygen atoms in total. The molecule has 2 rings (SSSR count). The molecule has 0 aliphatic carbocycles. The van der Waals surface area contributed by atoms with Gasteiger partial charge in [-0.3, -0.25) is 4.79 Å². The minimum absolute atomic E-state index is 0.0192. The van der Waals surface area contributed by atoms with Crippen molar-refractivity contribution in [3.05, 3.63) is 53.3 Å². The zero-order valence-electron chi connectivity index (χ0n) is 22.5. The van der Waals surface area contributed by atoms with Crippen LogP contribution >= 0.6 is 0 Å². The number of benzene rings is 2. The standard InChI is InChI=1S/C26H40FNO6Si2/c1-26(2,25(33-35-6)34-36-7)13-12-18(17-8-10-20(27)11-9-17)16-28-24(29)19-14-21(30-3)23(32-5)22(15-19)31-4/h8-11,14-15,18,25H,12-13,16,35-36H2,1-7H3,(H,28,29). The molecule has 36 heavy (non-hydrogen) atoms. The summed E-state index contributed by atoms with van der Waals surface area (Å²) in [6.45, 7) is 8.89. The van der Waals surface area contributed by atoms with E-state index in [0.29, 0.717) is 29.4 Å². The van der Waals surface area contributed by atoms with Gasteiger partial charge in [-0.15, -0.1) is 0 Å². The Bertz CT molecular complexity index is 942. The van der Waals surface area contributed by atoms with Crippen LogP contribution in [-0.4, -0.2) is 59.6 Å². The van der Waals surface area contributed by atoms with Crippen LogP contribution in [0, 0.1) is 11.2 Å². The molecule has 1 N–H and O–H groups in total. The molecule has 1 amide bonds. The predicted octanol–water partition coefficient (Wildman–Crippen LogP) is 3.79. The highest BCUT2D eigenvalue weighted by molar-refractivity contribution is 6.26. The first kappa shape index (κ1) is 29.8. The maximum atomic E-state index is 13.6. The fourth-order valence-electron chi connectivity index (χ4n) is 4.12. The lowest BCUT2D eigenvalue weighted by molar-refractivity contribution is -0.0831. The van der Waals surface area contributed by atoms with Crippen molar-refractivity contribution in [3.8, 4) is 17.2 Å². The summed E-state index contributed by atoms with van der Waals surface area (Å²) in [5.41, 5.74) is 1.17. The van der Waals surface area contributed by atoms with Gasteiger partial charge >= 0.3 is 0 Å². The van der Waals surface area contributed by atoms with E-state index < -0.39 is 19.5 Å². The Hall–Kier alpha value is -2.41. The van der Waals surface area contributed by atoms with Gasteiger partial charge in [-0.1, -0.05) is 39.1 Å². The first-order chi connectivity index (χ1) is 17.2. The number of carbonyl (C=O) groups is 1. The number of ether oxygens (including phenoxy) is 3. The topological polar surface area (TPSA) is 75.3 Å². The molecule has 0 heterocycles. The molecular formula is C26H40FNO6Si2. The summed E-state index contributed by atoms with van der Waals surface area (Å²) >= 11 is 0. The molecule has 0 radical (unpaired) electrons. The summed E-state index contributed by atoms with van der Waals surface area (Å²) in [7, 11) is 3.29. The van der Waals surface area contributed by atoms with Crippen molar-refractivity contribution in [1.82, 2.24) is 5.32 Å². The summed E-state index contributed by atoms with van der Waals surface area (Å²) in [6.07, 6.45) is 1.38. The second kappa shape index (κ2) is 14.4. The second-order valence-corrected chi connectivity index (χ2v) is 11.0. The van der Waals surface area contributed by atoms with Crippen LogP contribution in [0.3, 0.4) is 0 Å². The van der Waals surface area contributed by atoms with E-state index in [-0.39, 0.29) is 29.3 Å². The third kappa shape index (κ3) is 8.05. The summed E-state index contributed by atoms with van der Waals surface area (Å²) in [5.74, 6) is 0.662. The van der Waals surface area contributed by atoms with Gasteiger partial charge < -0.3 is 28.4 Å². The van der Waals surface area contributed by atoms with E-state index in [1.165, 1.54) is 33.5 Å². The Kier molecular flexibility index (Phi) is 11.9. The van der Waals surface area contributed by atoms with E-state index >= 15 is 0 Å². The van der Waals surface area contributed by atoms with Crippen molar-refractivity contribution in [3.63, 3.8) is 0 Å². The minimum Gasteiger partial charge on any atom is -0.493 e. The van der Waals surface area contributed by atoms with E-state index in [1.807, 2.05) is 0 Å². The van der Waals surface area contributed by atoms with E-state index in [1.54, 1.807) is 24.3 Å². The Morgan fingerprint density at radius 1 is 0.972 bits per heavy atom. The maximum Gasteiger partial charge on any atom is 0.251 e.